The zero-order chi connectivity index (χ0) is 16.9. The van der Waals surface area contributed by atoms with E-state index in [0.29, 0.717) is 19.1 Å². The molecule has 0 saturated heterocycles. The number of carbonyl (C=O) groups excluding carboxylic acids is 1. The maximum atomic E-state index is 12.7. The Morgan fingerprint density at radius 3 is 2.75 bits per heavy atom. The van der Waals surface area contributed by atoms with Crippen LogP contribution in [0.5, 0.6) is 0 Å². The highest BCUT2D eigenvalue weighted by molar-refractivity contribution is 7.22. The molecular formula is C18H25N3O2S. The highest BCUT2D eigenvalue weighted by Crippen LogP contribution is 2.28. The lowest BCUT2D eigenvalue weighted by molar-refractivity contribution is -0.120. The SMILES string of the molecule is CN(C(=O)CN(CCO)C1CCCCC1)c1nc2ccccc2s1. The summed E-state index contributed by atoms with van der Waals surface area (Å²) in [6, 6.07) is 8.35. The molecule has 1 aromatic heterocycles. The molecular weight excluding hydrogens is 322 g/mol. The molecule has 24 heavy (non-hydrogen) atoms. The van der Waals surface area contributed by atoms with E-state index in [1.165, 1.54) is 30.6 Å². The lowest BCUT2D eigenvalue weighted by atomic mass is 9.94. The zero-order valence-corrected chi connectivity index (χ0v) is 15.0. The summed E-state index contributed by atoms with van der Waals surface area (Å²) in [5, 5.41) is 10.1. The monoisotopic (exact) mass is 347 g/mol. The van der Waals surface area contributed by atoms with Gasteiger partial charge in [0.15, 0.2) is 5.13 Å². The molecule has 1 aromatic carbocycles. The summed E-state index contributed by atoms with van der Waals surface area (Å²) < 4.78 is 1.09. The van der Waals surface area contributed by atoms with Gasteiger partial charge in [-0.25, -0.2) is 4.98 Å². The summed E-state index contributed by atoms with van der Waals surface area (Å²) in [6.07, 6.45) is 5.96. The molecule has 0 spiro atoms. The van der Waals surface area contributed by atoms with Crippen LogP contribution in [0.4, 0.5) is 5.13 Å². The number of amides is 1. The van der Waals surface area contributed by atoms with E-state index in [4.69, 9.17) is 0 Å². The Bertz CT molecular complexity index is 649. The molecule has 2 aromatic rings. The Balaban J connectivity index is 1.69. The predicted molar refractivity (Wildman–Crippen MR) is 98.6 cm³/mol. The van der Waals surface area contributed by atoms with Crippen LogP contribution in [0.25, 0.3) is 10.2 Å². The highest BCUT2D eigenvalue weighted by Gasteiger charge is 2.25. The van der Waals surface area contributed by atoms with Gasteiger partial charge in [-0.2, -0.15) is 0 Å². The van der Waals surface area contributed by atoms with Crippen molar-refractivity contribution in [3.05, 3.63) is 24.3 Å². The minimum Gasteiger partial charge on any atom is -0.395 e. The highest BCUT2D eigenvalue weighted by atomic mass is 32.1. The van der Waals surface area contributed by atoms with Gasteiger partial charge in [0.2, 0.25) is 5.91 Å². The van der Waals surface area contributed by atoms with E-state index in [1.54, 1.807) is 11.9 Å². The number of aliphatic hydroxyl groups is 1. The second-order valence-corrected chi connectivity index (χ2v) is 7.41. The number of hydrogen-bond acceptors (Lipinski definition) is 5. The maximum Gasteiger partial charge on any atom is 0.242 e. The third-order valence-corrected chi connectivity index (χ3v) is 5.87. The van der Waals surface area contributed by atoms with E-state index in [9.17, 15) is 9.90 Å². The molecule has 6 heteroatoms. The van der Waals surface area contributed by atoms with Crippen molar-refractivity contribution in [1.29, 1.82) is 0 Å². The van der Waals surface area contributed by atoms with Crippen molar-refractivity contribution >= 4 is 32.6 Å². The van der Waals surface area contributed by atoms with Gasteiger partial charge in [0.05, 0.1) is 23.4 Å². The molecule has 5 nitrogen and oxygen atoms in total. The number of likely N-dealkylation sites (N-methyl/N-ethyl adjacent to an activating group) is 1. The van der Waals surface area contributed by atoms with Crippen molar-refractivity contribution in [3.63, 3.8) is 0 Å². The fourth-order valence-electron chi connectivity index (χ4n) is 3.36. The molecule has 1 saturated carbocycles. The van der Waals surface area contributed by atoms with Gasteiger partial charge in [-0.05, 0) is 25.0 Å². The molecule has 0 aliphatic heterocycles. The molecule has 0 unspecified atom stereocenters. The summed E-state index contributed by atoms with van der Waals surface area (Å²) in [6.45, 7) is 0.996. The molecule has 1 heterocycles. The fraction of sp³-hybridized carbons (Fsp3) is 0.556. The minimum atomic E-state index is 0.0353. The second kappa shape index (κ2) is 8.05. The maximum absolute atomic E-state index is 12.7. The van der Waals surface area contributed by atoms with Crippen molar-refractivity contribution in [2.75, 3.05) is 31.6 Å². The predicted octanol–water partition coefficient (Wildman–Crippen LogP) is 2.89. The summed E-state index contributed by atoms with van der Waals surface area (Å²) in [5.74, 6) is 0.0353. The van der Waals surface area contributed by atoms with Crippen LogP contribution < -0.4 is 4.90 Å². The van der Waals surface area contributed by atoms with Crippen molar-refractivity contribution in [2.24, 2.45) is 0 Å². The molecule has 1 fully saturated rings. The fourth-order valence-corrected chi connectivity index (χ4v) is 4.30. The third kappa shape index (κ3) is 3.94. The van der Waals surface area contributed by atoms with Gasteiger partial charge in [0, 0.05) is 19.6 Å². The quantitative estimate of drug-likeness (QED) is 0.873. The number of aromatic nitrogens is 1. The molecule has 1 aliphatic rings. The van der Waals surface area contributed by atoms with Gasteiger partial charge in [0.25, 0.3) is 0 Å². The zero-order valence-electron chi connectivity index (χ0n) is 14.1. The summed E-state index contributed by atoms with van der Waals surface area (Å²) in [4.78, 5) is 21.1. The van der Waals surface area contributed by atoms with Crippen molar-refractivity contribution < 1.29 is 9.90 Å². The lowest BCUT2D eigenvalue weighted by Gasteiger charge is -2.34. The summed E-state index contributed by atoms with van der Waals surface area (Å²) in [5.41, 5.74) is 0.927. The van der Waals surface area contributed by atoms with E-state index >= 15 is 0 Å². The van der Waals surface area contributed by atoms with Gasteiger partial charge in [-0.1, -0.05) is 42.7 Å². The Morgan fingerprint density at radius 2 is 2.04 bits per heavy atom. The first-order chi connectivity index (χ1) is 11.7. The van der Waals surface area contributed by atoms with E-state index in [0.717, 1.165) is 28.2 Å². The Labute approximate surface area is 146 Å². The first-order valence-electron chi connectivity index (χ1n) is 8.66. The Morgan fingerprint density at radius 1 is 1.29 bits per heavy atom. The van der Waals surface area contributed by atoms with Crippen LogP contribution >= 0.6 is 11.3 Å². The van der Waals surface area contributed by atoms with Crippen molar-refractivity contribution in [1.82, 2.24) is 9.88 Å². The number of anilines is 1. The normalized spacial score (nSPS) is 16.0. The third-order valence-electron chi connectivity index (χ3n) is 4.76. The molecule has 1 amide bonds. The van der Waals surface area contributed by atoms with Gasteiger partial charge in [-0.3, -0.25) is 14.6 Å². The average molecular weight is 347 g/mol. The second-order valence-electron chi connectivity index (χ2n) is 6.40. The summed E-state index contributed by atoms with van der Waals surface area (Å²) >= 11 is 1.54. The van der Waals surface area contributed by atoms with E-state index in [-0.39, 0.29) is 12.5 Å². The average Bonchev–Trinajstić information content (AvgIpc) is 3.05. The molecule has 3 rings (SSSR count). The van der Waals surface area contributed by atoms with Crippen molar-refractivity contribution in [3.8, 4) is 0 Å². The lowest BCUT2D eigenvalue weighted by Crippen LogP contribution is -2.45. The van der Waals surface area contributed by atoms with Crippen LogP contribution in [0.15, 0.2) is 24.3 Å². The molecule has 130 valence electrons. The molecule has 1 N–H and O–H groups in total. The number of fused-ring (bicyclic) bond motifs is 1. The van der Waals surface area contributed by atoms with Crippen LogP contribution in [-0.2, 0) is 4.79 Å². The Hall–Kier alpha value is -1.50. The number of nitrogens with zero attached hydrogens (tertiary/aromatic N) is 3. The van der Waals surface area contributed by atoms with E-state index in [1.807, 2.05) is 24.3 Å². The molecule has 0 bridgehead atoms. The van der Waals surface area contributed by atoms with Gasteiger partial charge in [-0.15, -0.1) is 0 Å². The van der Waals surface area contributed by atoms with E-state index < -0.39 is 0 Å². The summed E-state index contributed by atoms with van der Waals surface area (Å²) in [7, 11) is 1.79. The largest absolute Gasteiger partial charge is 0.395 e. The smallest absolute Gasteiger partial charge is 0.242 e. The van der Waals surface area contributed by atoms with Crippen LogP contribution in [0, 0.1) is 0 Å². The number of carbonyl (C=O) groups is 1. The van der Waals surface area contributed by atoms with Crippen LogP contribution in [0.2, 0.25) is 0 Å². The van der Waals surface area contributed by atoms with Crippen LogP contribution in [-0.4, -0.2) is 53.7 Å². The number of hydrogen-bond donors (Lipinski definition) is 1. The van der Waals surface area contributed by atoms with Crippen LogP contribution in [0.1, 0.15) is 32.1 Å². The first-order valence-corrected chi connectivity index (χ1v) is 9.47. The number of aliphatic hydroxyl groups excluding tert-OH is 1. The standard InChI is InChI=1S/C18H25N3O2S/c1-20(18-19-15-9-5-6-10-16(15)24-18)17(23)13-21(11-12-22)14-7-3-2-4-8-14/h5-6,9-10,14,22H,2-4,7-8,11-13H2,1H3. The number of rotatable bonds is 6. The van der Waals surface area contributed by atoms with Crippen molar-refractivity contribution in [2.45, 2.75) is 38.1 Å². The molecule has 0 atom stereocenters. The van der Waals surface area contributed by atoms with E-state index in [2.05, 4.69) is 9.88 Å². The number of para-hydroxylation sites is 1. The topological polar surface area (TPSA) is 56.7 Å². The number of thiazole rings is 1. The van der Waals surface area contributed by atoms with Gasteiger partial charge < -0.3 is 5.11 Å². The minimum absolute atomic E-state index is 0.0353. The Kier molecular flexibility index (Phi) is 5.81. The number of benzene rings is 1. The molecule has 1 aliphatic carbocycles. The van der Waals surface area contributed by atoms with Gasteiger partial charge >= 0.3 is 0 Å². The molecule has 0 radical (unpaired) electrons. The van der Waals surface area contributed by atoms with Crippen LogP contribution in [0.3, 0.4) is 0 Å². The van der Waals surface area contributed by atoms with Gasteiger partial charge in [0.1, 0.15) is 0 Å². The first kappa shape index (κ1) is 17.3.